The SMILES string of the molecule is COc1cccc2nc(-c3cc4ccccc4o3)nc(NCCCN(C)C)c12.Cl.Cl. The first kappa shape index (κ1) is 23.7. The third kappa shape index (κ3) is 4.95. The number of nitrogens with zero attached hydrogens (tertiary/aromatic N) is 3. The molecule has 0 fully saturated rings. The molecule has 0 aliphatic carbocycles. The maximum absolute atomic E-state index is 5.98. The molecular formula is C22H26Cl2N4O2. The molecule has 2 aromatic carbocycles. The summed E-state index contributed by atoms with van der Waals surface area (Å²) in [6, 6.07) is 15.7. The molecule has 0 saturated heterocycles. The van der Waals surface area contributed by atoms with Gasteiger partial charge in [0.05, 0.1) is 18.0 Å². The Labute approximate surface area is 188 Å². The summed E-state index contributed by atoms with van der Waals surface area (Å²) in [5.74, 6) is 2.73. The van der Waals surface area contributed by atoms with Gasteiger partial charge in [-0.05, 0) is 51.3 Å². The molecular weight excluding hydrogens is 423 g/mol. The van der Waals surface area contributed by atoms with E-state index in [0.717, 1.165) is 52.9 Å². The first-order valence-electron chi connectivity index (χ1n) is 9.38. The van der Waals surface area contributed by atoms with Crippen LogP contribution in [0.25, 0.3) is 33.5 Å². The number of methoxy groups -OCH3 is 1. The number of fused-ring (bicyclic) bond motifs is 2. The van der Waals surface area contributed by atoms with Gasteiger partial charge < -0.3 is 19.4 Å². The van der Waals surface area contributed by atoms with Crippen molar-refractivity contribution in [1.82, 2.24) is 14.9 Å². The topological polar surface area (TPSA) is 63.4 Å². The number of ether oxygens (including phenoxy) is 1. The number of nitrogens with one attached hydrogen (secondary N) is 1. The Bertz CT molecular complexity index is 1080. The Morgan fingerprint density at radius 2 is 1.83 bits per heavy atom. The van der Waals surface area contributed by atoms with Crippen LogP contribution < -0.4 is 10.1 Å². The van der Waals surface area contributed by atoms with Gasteiger partial charge >= 0.3 is 0 Å². The van der Waals surface area contributed by atoms with Gasteiger partial charge in [0.2, 0.25) is 0 Å². The van der Waals surface area contributed by atoms with E-state index >= 15 is 0 Å². The van der Waals surface area contributed by atoms with Crippen LogP contribution in [0.15, 0.2) is 52.9 Å². The first-order valence-corrected chi connectivity index (χ1v) is 9.38. The number of para-hydroxylation sites is 1. The molecule has 0 radical (unpaired) electrons. The fourth-order valence-corrected chi connectivity index (χ4v) is 3.25. The lowest BCUT2D eigenvalue weighted by atomic mass is 10.2. The third-order valence-electron chi connectivity index (χ3n) is 4.63. The van der Waals surface area contributed by atoms with Crippen LogP contribution in [0.2, 0.25) is 0 Å². The summed E-state index contributed by atoms with van der Waals surface area (Å²) in [5, 5.41) is 5.38. The second-order valence-electron chi connectivity index (χ2n) is 6.98. The van der Waals surface area contributed by atoms with E-state index in [9.17, 15) is 0 Å². The number of rotatable bonds is 7. The van der Waals surface area contributed by atoms with Crippen molar-refractivity contribution in [3.8, 4) is 17.3 Å². The van der Waals surface area contributed by atoms with Gasteiger partial charge in [-0.25, -0.2) is 9.97 Å². The van der Waals surface area contributed by atoms with E-state index in [-0.39, 0.29) is 24.8 Å². The highest BCUT2D eigenvalue weighted by molar-refractivity contribution is 5.96. The molecule has 8 heteroatoms. The number of hydrogen-bond donors (Lipinski definition) is 1. The predicted octanol–water partition coefficient (Wildman–Crippen LogP) is 5.26. The van der Waals surface area contributed by atoms with Crippen molar-refractivity contribution in [3.05, 3.63) is 48.5 Å². The molecule has 6 nitrogen and oxygen atoms in total. The van der Waals surface area contributed by atoms with Gasteiger partial charge in [-0.15, -0.1) is 24.8 Å². The molecule has 0 aliphatic heterocycles. The van der Waals surface area contributed by atoms with Crippen LogP contribution in [0.3, 0.4) is 0 Å². The monoisotopic (exact) mass is 448 g/mol. The van der Waals surface area contributed by atoms with E-state index in [0.29, 0.717) is 11.6 Å². The average molecular weight is 449 g/mol. The van der Waals surface area contributed by atoms with Gasteiger partial charge in [-0.2, -0.15) is 0 Å². The van der Waals surface area contributed by atoms with Crippen LogP contribution in [0, 0.1) is 0 Å². The number of halogens is 2. The zero-order chi connectivity index (χ0) is 19.5. The van der Waals surface area contributed by atoms with Crippen molar-refractivity contribution in [3.63, 3.8) is 0 Å². The van der Waals surface area contributed by atoms with E-state index < -0.39 is 0 Å². The van der Waals surface area contributed by atoms with E-state index in [1.165, 1.54) is 0 Å². The maximum Gasteiger partial charge on any atom is 0.198 e. The van der Waals surface area contributed by atoms with Gasteiger partial charge in [-0.1, -0.05) is 24.3 Å². The molecule has 2 aromatic heterocycles. The zero-order valence-electron chi connectivity index (χ0n) is 17.2. The Balaban J connectivity index is 0.00000160. The summed E-state index contributed by atoms with van der Waals surface area (Å²) in [5.41, 5.74) is 1.65. The number of furan rings is 1. The molecule has 4 aromatic rings. The van der Waals surface area contributed by atoms with Crippen molar-refractivity contribution in [1.29, 1.82) is 0 Å². The summed E-state index contributed by atoms with van der Waals surface area (Å²) < 4.78 is 11.5. The summed E-state index contributed by atoms with van der Waals surface area (Å²) >= 11 is 0. The molecule has 0 saturated carbocycles. The minimum absolute atomic E-state index is 0. The number of aromatic nitrogens is 2. The van der Waals surface area contributed by atoms with Gasteiger partial charge in [0.25, 0.3) is 0 Å². The largest absolute Gasteiger partial charge is 0.496 e. The third-order valence-corrected chi connectivity index (χ3v) is 4.63. The summed E-state index contributed by atoms with van der Waals surface area (Å²) in [6.45, 7) is 1.81. The lowest BCUT2D eigenvalue weighted by molar-refractivity contribution is 0.405. The molecule has 0 spiro atoms. The van der Waals surface area contributed by atoms with Crippen molar-refractivity contribution < 1.29 is 9.15 Å². The second kappa shape index (κ2) is 10.5. The zero-order valence-corrected chi connectivity index (χ0v) is 18.8. The van der Waals surface area contributed by atoms with Gasteiger partial charge in [0.15, 0.2) is 11.6 Å². The van der Waals surface area contributed by atoms with Crippen LogP contribution >= 0.6 is 24.8 Å². The van der Waals surface area contributed by atoms with Crippen LogP contribution in [-0.4, -0.2) is 49.2 Å². The molecule has 0 aliphatic rings. The Morgan fingerprint density at radius 3 is 2.57 bits per heavy atom. The minimum atomic E-state index is 0. The standard InChI is InChI=1S/C22H24N4O2.2ClH/c1-26(2)13-7-12-23-22-20-16(9-6-11-18(20)27-3)24-21(25-22)19-14-15-8-4-5-10-17(15)28-19;;/h4-6,8-11,14H,7,12-13H2,1-3H3,(H,23,24,25);2*1H. The summed E-state index contributed by atoms with van der Waals surface area (Å²) in [4.78, 5) is 11.7. The molecule has 2 heterocycles. The molecule has 0 unspecified atom stereocenters. The highest BCUT2D eigenvalue weighted by Crippen LogP contribution is 2.33. The molecule has 4 rings (SSSR count). The Morgan fingerprint density at radius 1 is 1.03 bits per heavy atom. The normalized spacial score (nSPS) is 10.7. The molecule has 160 valence electrons. The lowest BCUT2D eigenvalue weighted by Crippen LogP contribution is -2.17. The fourth-order valence-electron chi connectivity index (χ4n) is 3.25. The van der Waals surface area contributed by atoms with Crippen molar-refractivity contribution in [2.75, 3.05) is 39.6 Å². The number of hydrogen-bond acceptors (Lipinski definition) is 6. The van der Waals surface area contributed by atoms with Gasteiger partial charge in [0.1, 0.15) is 17.2 Å². The van der Waals surface area contributed by atoms with E-state index in [4.69, 9.17) is 19.1 Å². The van der Waals surface area contributed by atoms with Crippen LogP contribution in [0.1, 0.15) is 6.42 Å². The summed E-state index contributed by atoms with van der Waals surface area (Å²) in [6.07, 6.45) is 1.01. The van der Waals surface area contributed by atoms with Crippen LogP contribution in [0.4, 0.5) is 5.82 Å². The van der Waals surface area contributed by atoms with E-state index in [2.05, 4.69) is 24.3 Å². The van der Waals surface area contributed by atoms with E-state index in [1.807, 2.05) is 48.5 Å². The summed E-state index contributed by atoms with van der Waals surface area (Å²) in [7, 11) is 5.81. The smallest absolute Gasteiger partial charge is 0.198 e. The highest BCUT2D eigenvalue weighted by atomic mass is 35.5. The van der Waals surface area contributed by atoms with Gasteiger partial charge in [-0.3, -0.25) is 0 Å². The van der Waals surface area contributed by atoms with Crippen LogP contribution in [-0.2, 0) is 0 Å². The molecule has 0 amide bonds. The molecule has 1 N–H and O–H groups in total. The number of benzene rings is 2. The van der Waals surface area contributed by atoms with Crippen molar-refractivity contribution >= 4 is 52.5 Å². The van der Waals surface area contributed by atoms with E-state index in [1.54, 1.807) is 7.11 Å². The number of anilines is 1. The van der Waals surface area contributed by atoms with Gasteiger partial charge in [0, 0.05) is 11.9 Å². The Hall–Kier alpha value is -2.54. The quantitative estimate of drug-likeness (QED) is 0.389. The van der Waals surface area contributed by atoms with Crippen molar-refractivity contribution in [2.24, 2.45) is 0 Å². The molecule has 0 atom stereocenters. The fraction of sp³-hybridized carbons (Fsp3) is 0.273. The molecule has 30 heavy (non-hydrogen) atoms. The first-order chi connectivity index (χ1) is 13.7. The predicted molar refractivity (Wildman–Crippen MR) is 127 cm³/mol. The Kier molecular flexibility index (Phi) is 8.29. The second-order valence-corrected chi connectivity index (χ2v) is 6.98. The minimum Gasteiger partial charge on any atom is -0.496 e. The van der Waals surface area contributed by atoms with Crippen LogP contribution in [0.5, 0.6) is 5.75 Å². The highest BCUT2D eigenvalue weighted by Gasteiger charge is 2.16. The molecule has 0 bridgehead atoms. The lowest BCUT2D eigenvalue weighted by Gasteiger charge is -2.14. The average Bonchev–Trinajstić information content (AvgIpc) is 3.14. The van der Waals surface area contributed by atoms with Crippen molar-refractivity contribution in [2.45, 2.75) is 6.42 Å². The maximum atomic E-state index is 5.98.